The van der Waals surface area contributed by atoms with Gasteiger partial charge in [-0.1, -0.05) is 164 Å². The van der Waals surface area contributed by atoms with Crippen molar-refractivity contribution in [2.75, 3.05) is 0 Å². The normalized spacial score (nSPS) is 18.2. The van der Waals surface area contributed by atoms with Crippen molar-refractivity contribution in [2.45, 2.75) is 0 Å². The highest BCUT2D eigenvalue weighted by Crippen LogP contribution is 2.51. The number of hydrogen-bond acceptors (Lipinski definition) is 3. The Morgan fingerprint density at radius 1 is 0.472 bits per heavy atom. The third-order valence-corrected chi connectivity index (χ3v) is 11.1. The van der Waals surface area contributed by atoms with Gasteiger partial charge in [0.15, 0.2) is 5.82 Å². The molecule has 2 heterocycles. The van der Waals surface area contributed by atoms with E-state index in [-0.39, 0.29) is 0 Å². The second-order valence-electron chi connectivity index (χ2n) is 14.1. The highest BCUT2D eigenvalue weighted by Gasteiger charge is 2.38. The molecular formula is C50H32N2O. The van der Waals surface area contributed by atoms with Crippen LogP contribution in [0.4, 0.5) is 0 Å². The molecule has 2 atom stereocenters. The largest absolute Gasteiger partial charge is 0.455 e. The van der Waals surface area contributed by atoms with Crippen molar-refractivity contribution in [1.29, 1.82) is 0 Å². The van der Waals surface area contributed by atoms with Crippen LogP contribution < -0.4 is 0 Å². The number of para-hydroxylation sites is 1. The summed E-state index contributed by atoms with van der Waals surface area (Å²) in [4.78, 5) is 10.6. The Bertz CT molecular complexity index is 2800. The van der Waals surface area contributed by atoms with E-state index in [2.05, 4.69) is 158 Å². The maximum Gasteiger partial charge on any atom is 0.164 e. The van der Waals surface area contributed by atoms with Gasteiger partial charge in [0.25, 0.3) is 0 Å². The number of fused-ring (bicyclic) bond motifs is 3. The van der Waals surface area contributed by atoms with Crippen LogP contribution in [0.1, 0.15) is 5.56 Å². The minimum Gasteiger partial charge on any atom is -0.455 e. The van der Waals surface area contributed by atoms with Gasteiger partial charge in [-0.3, -0.25) is 0 Å². The second-order valence-corrected chi connectivity index (χ2v) is 14.1. The van der Waals surface area contributed by atoms with Crippen LogP contribution in [0.15, 0.2) is 209 Å². The number of hydrogen-bond donors (Lipinski definition) is 0. The Kier molecular flexibility index (Phi) is 6.68. The van der Waals surface area contributed by atoms with Crippen LogP contribution in [0.5, 0.6) is 0 Å². The van der Waals surface area contributed by atoms with Crippen LogP contribution in [0, 0.1) is 11.8 Å². The summed E-state index contributed by atoms with van der Waals surface area (Å²) in [6, 6.07) is 44.4. The van der Waals surface area contributed by atoms with E-state index in [1.54, 1.807) is 0 Å². The Morgan fingerprint density at radius 3 is 1.87 bits per heavy atom. The van der Waals surface area contributed by atoms with E-state index < -0.39 is 0 Å². The monoisotopic (exact) mass is 676 g/mol. The van der Waals surface area contributed by atoms with Gasteiger partial charge in [-0.25, -0.2) is 9.97 Å². The Hall–Kier alpha value is -6.84. The highest BCUT2D eigenvalue weighted by atomic mass is 16.3. The topological polar surface area (TPSA) is 38.9 Å². The average molecular weight is 677 g/mol. The van der Waals surface area contributed by atoms with Gasteiger partial charge in [0.1, 0.15) is 11.2 Å². The zero-order valence-corrected chi connectivity index (χ0v) is 28.8. The molecule has 3 nitrogen and oxygen atoms in total. The predicted octanol–water partition coefficient (Wildman–Crippen LogP) is 12.5. The third kappa shape index (κ3) is 4.82. The Labute approximate surface area is 307 Å². The lowest BCUT2D eigenvalue weighted by Gasteiger charge is -2.40. The smallest absolute Gasteiger partial charge is 0.164 e. The van der Waals surface area contributed by atoms with Gasteiger partial charge in [0, 0.05) is 33.7 Å². The van der Waals surface area contributed by atoms with Crippen LogP contribution in [0.3, 0.4) is 0 Å². The van der Waals surface area contributed by atoms with E-state index in [1.807, 2.05) is 24.3 Å². The highest BCUT2D eigenvalue weighted by molar-refractivity contribution is 6.12. The van der Waals surface area contributed by atoms with Crippen LogP contribution in [-0.4, -0.2) is 9.97 Å². The molecule has 248 valence electrons. The maximum absolute atomic E-state index is 6.71. The molecule has 0 spiro atoms. The number of furan rings is 1. The maximum atomic E-state index is 6.71. The van der Waals surface area contributed by atoms with Crippen LogP contribution in [0.25, 0.3) is 72.5 Å². The molecule has 0 saturated carbocycles. The predicted molar refractivity (Wildman–Crippen MR) is 217 cm³/mol. The third-order valence-electron chi connectivity index (χ3n) is 11.1. The van der Waals surface area contributed by atoms with Gasteiger partial charge in [-0.15, -0.1) is 0 Å². The Morgan fingerprint density at radius 2 is 1.11 bits per heavy atom. The molecule has 0 aliphatic heterocycles. The van der Waals surface area contributed by atoms with Crippen molar-refractivity contribution in [3.63, 3.8) is 0 Å². The van der Waals surface area contributed by atoms with E-state index >= 15 is 0 Å². The molecule has 5 aromatic carbocycles. The molecule has 0 fully saturated rings. The summed E-state index contributed by atoms with van der Waals surface area (Å²) in [5.41, 5.74) is 16.5. The molecule has 4 aliphatic rings. The van der Waals surface area contributed by atoms with Gasteiger partial charge in [-0.05, 0) is 62.8 Å². The van der Waals surface area contributed by atoms with Crippen molar-refractivity contribution in [3.05, 3.63) is 210 Å². The number of benzene rings is 5. The van der Waals surface area contributed by atoms with Gasteiger partial charge in [0.05, 0.1) is 17.0 Å². The molecule has 3 heteroatoms. The first-order valence-corrected chi connectivity index (χ1v) is 18.2. The standard InChI is InChI=1S/C50H32N2O/c1-3-10-33(11-4-1)43-30-44(34-12-5-2-6-13-34)52-50(51-43)48-39(28-29-42-40-16-7-8-17-45(40)53-49(42)48)32-20-18-31(19-21-32)38-26-24-37-23-22-35-14-9-15-36-25-27-41(38)47(37)46(35)36/h1-30,46-47H. The summed E-state index contributed by atoms with van der Waals surface area (Å²) in [7, 11) is 0. The molecule has 0 bridgehead atoms. The van der Waals surface area contributed by atoms with Crippen molar-refractivity contribution < 1.29 is 4.42 Å². The molecule has 53 heavy (non-hydrogen) atoms. The van der Waals surface area contributed by atoms with Gasteiger partial charge in [0.2, 0.25) is 0 Å². The molecule has 7 aromatic rings. The van der Waals surface area contributed by atoms with Crippen molar-refractivity contribution >= 4 is 27.5 Å². The number of aromatic nitrogens is 2. The first-order chi connectivity index (χ1) is 26.3. The van der Waals surface area contributed by atoms with E-state index in [0.29, 0.717) is 17.7 Å². The lowest BCUT2D eigenvalue weighted by atomic mass is 9.63. The first-order valence-electron chi connectivity index (χ1n) is 18.2. The lowest BCUT2D eigenvalue weighted by Crippen LogP contribution is -2.29. The van der Waals surface area contributed by atoms with E-state index in [1.165, 1.54) is 33.4 Å². The Balaban J connectivity index is 1.09. The summed E-state index contributed by atoms with van der Waals surface area (Å²) in [6.07, 6.45) is 20.6. The minimum absolute atomic E-state index is 0.339. The molecule has 0 N–H and O–H groups in total. The summed E-state index contributed by atoms with van der Waals surface area (Å²) in [6.45, 7) is 0. The second kappa shape index (κ2) is 11.9. The van der Waals surface area contributed by atoms with Gasteiger partial charge in [-0.2, -0.15) is 0 Å². The van der Waals surface area contributed by atoms with Crippen molar-refractivity contribution in [2.24, 2.45) is 11.8 Å². The summed E-state index contributed by atoms with van der Waals surface area (Å²) < 4.78 is 6.71. The molecule has 4 aliphatic carbocycles. The number of rotatable bonds is 5. The average Bonchev–Trinajstić information content (AvgIpc) is 3.62. The molecule has 11 rings (SSSR count). The van der Waals surface area contributed by atoms with Crippen LogP contribution in [-0.2, 0) is 0 Å². The van der Waals surface area contributed by atoms with E-state index in [0.717, 1.165) is 61.1 Å². The van der Waals surface area contributed by atoms with Gasteiger partial charge >= 0.3 is 0 Å². The SMILES string of the molecule is C1=CC2=CC=C3C=CC(c4ccc(-c5ccc6c(oc7ccccc76)c5-c5nc(-c6ccccc6)cc(-c6ccccc6)n5)cc4)=C4C=CC(=C1)C2C34. The van der Waals surface area contributed by atoms with E-state index in [9.17, 15) is 0 Å². The first kappa shape index (κ1) is 29.8. The fourth-order valence-corrected chi connectivity index (χ4v) is 8.62. The number of nitrogens with zero attached hydrogens (tertiary/aromatic N) is 2. The molecule has 0 radical (unpaired) electrons. The molecule has 2 aromatic heterocycles. The van der Waals surface area contributed by atoms with Gasteiger partial charge < -0.3 is 4.42 Å². The zero-order valence-electron chi connectivity index (χ0n) is 28.8. The summed E-state index contributed by atoms with van der Waals surface area (Å²) in [5, 5.41) is 2.12. The minimum atomic E-state index is 0.339. The quantitative estimate of drug-likeness (QED) is 0.182. The summed E-state index contributed by atoms with van der Waals surface area (Å²) in [5.74, 6) is 1.35. The zero-order chi connectivity index (χ0) is 34.9. The van der Waals surface area contributed by atoms with E-state index in [4.69, 9.17) is 14.4 Å². The molecule has 2 unspecified atom stereocenters. The fraction of sp³-hybridized carbons (Fsp3) is 0.0400. The molecule has 0 saturated heterocycles. The number of allylic oxidation sites excluding steroid dienone is 14. The fourth-order valence-electron chi connectivity index (χ4n) is 8.62. The van der Waals surface area contributed by atoms with Crippen LogP contribution >= 0.6 is 0 Å². The van der Waals surface area contributed by atoms with Crippen molar-refractivity contribution in [3.8, 4) is 45.0 Å². The molecule has 0 amide bonds. The van der Waals surface area contributed by atoms with Crippen LogP contribution in [0.2, 0.25) is 0 Å². The summed E-state index contributed by atoms with van der Waals surface area (Å²) >= 11 is 0. The van der Waals surface area contributed by atoms with Crippen molar-refractivity contribution in [1.82, 2.24) is 9.97 Å². The lowest BCUT2D eigenvalue weighted by molar-refractivity contribution is 0.566. The molecular weight excluding hydrogens is 645 g/mol.